The van der Waals surface area contributed by atoms with Gasteiger partial charge in [-0.1, -0.05) is 0 Å². The summed E-state index contributed by atoms with van der Waals surface area (Å²) in [6, 6.07) is 5.26. The van der Waals surface area contributed by atoms with Crippen LogP contribution in [0.15, 0.2) is 29.3 Å². The Hall–Kier alpha value is -2.75. The van der Waals surface area contributed by atoms with Crippen molar-refractivity contribution in [2.45, 2.75) is 43.9 Å². The molecule has 2 heterocycles. The van der Waals surface area contributed by atoms with Gasteiger partial charge in [0, 0.05) is 49.0 Å². The molecule has 2 fully saturated rings. The van der Waals surface area contributed by atoms with Crippen molar-refractivity contribution in [1.82, 2.24) is 15.2 Å². The molecular formula is C21H26F3N6O-. The maximum Gasteiger partial charge on any atom is 0.433 e. The molecule has 0 spiro atoms. The summed E-state index contributed by atoms with van der Waals surface area (Å²) in [6.07, 6.45) is -1.52. The monoisotopic (exact) mass is 435 g/mol. The molecule has 2 aliphatic rings. The van der Waals surface area contributed by atoms with Crippen molar-refractivity contribution >= 4 is 28.3 Å². The predicted molar refractivity (Wildman–Crippen MR) is 113 cm³/mol. The first-order valence-corrected chi connectivity index (χ1v) is 10.5. The fraction of sp³-hybridized carbons (Fsp3) is 0.524. The number of aliphatic imine (C=N–C) groups is 1. The average molecular weight is 435 g/mol. The smallest absolute Gasteiger partial charge is 0.433 e. The number of pyridine rings is 1. The second-order valence-electron chi connectivity index (χ2n) is 8.14. The molecule has 10 heteroatoms. The largest absolute Gasteiger partial charge is 0.846 e. The Labute approximate surface area is 178 Å². The van der Waals surface area contributed by atoms with Crippen LogP contribution < -0.4 is 21.5 Å². The number of aromatic nitrogens is 1. The van der Waals surface area contributed by atoms with Crippen LogP contribution in [0.3, 0.4) is 0 Å². The van der Waals surface area contributed by atoms with Crippen molar-refractivity contribution in [3.63, 3.8) is 0 Å². The molecule has 1 unspecified atom stereocenters. The summed E-state index contributed by atoms with van der Waals surface area (Å²) in [4.78, 5) is 9.88. The lowest BCUT2D eigenvalue weighted by Crippen LogP contribution is -2.51. The van der Waals surface area contributed by atoms with Gasteiger partial charge in [-0.05, 0) is 49.9 Å². The zero-order valence-corrected chi connectivity index (χ0v) is 17.1. The van der Waals surface area contributed by atoms with E-state index < -0.39 is 11.9 Å². The van der Waals surface area contributed by atoms with E-state index in [0.717, 1.165) is 38.4 Å². The molecule has 4 rings (SSSR count). The van der Waals surface area contributed by atoms with E-state index >= 15 is 0 Å². The van der Waals surface area contributed by atoms with Crippen LogP contribution in [0.5, 0.6) is 0 Å². The Bertz CT molecular complexity index is 958. The van der Waals surface area contributed by atoms with Gasteiger partial charge in [0.15, 0.2) is 0 Å². The number of anilines is 2. The number of fused-ring (bicyclic) bond motifs is 1. The number of amidine groups is 1. The van der Waals surface area contributed by atoms with E-state index in [1.165, 1.54) is 12.1 Å². The molecule has 2 atom stereocenters. The summed E-state index contributed by atoms with van der Waals surface area (Å²) in [5, 5.41) is 19.5. The highest BCUT2D eigenvalue weighted by Crippen LogP contribution is 2.35. The standard InChI is InChI=1S/C21H27F3N6O/c22-21(23,24)19-12-18(16-10-13(25)4-5-17(16)29-19)27-14-2-1-3-15(11-14)28-20(31)30-8-6-26-7-9-30/h4-5,10,12,14-15,26H,1-3,6-9,11,25H2,(H,27,29)(H,28,31)/p-1/t14-,15?/m0/s1. The minimum Gasteiger partial charge on any atom is -0.846 e. The molecule has 2 aromatic rings. The van der Waals surface area contributed by atoms with Crippen molar-refractivity contribution in [2.75, 3.05) is 37.2 Å². The molecule has 168 valence electrons. The Morgan fingerprint density at radius 1 is 1.23 bits per heavy atom. The number of nitrogens with zero attached hydrogens (tertiary/aromatic N) is 3. The molecule has 1 aromatic heterocycles. The summed E-state index contributed by atoms with van der Waals surface area (Å²) >= 11 is 0. The highest BCUT2D eigenvalue weighted by Gasteiger charge is 2.34. The van der Waals surface area contributed by atoms with Gasteiger partial charge in [0.05, 0.1) is 17.6 Å². The summed E-state index contributed by atoms with van der Waals surface area (Å²) in [5.74, 6) is 0. The SMILES string of the molecule is Nc1ccc2nc(C(F)(F)F)cc(N[C@H]3CCCC(N=C([O-])N4CCNCC4)C3)c2c1. The number of piperazine rings is 1. The van der Waals surface area contributed by atoms with E-state index in [4.69, 9.17) is 5.73 Å². The highest BCUT2D eigenvalue weighted by atomic mass is 19.4. The highest BCUT2D eigenvalue weighted by molar-refractivity contribution is 5.93. The third kappa shape index (κ3) is 5.12. The predicted octanol–water partition coefficient (Wildman–Crippen LogP) is 2.18. The van der Waals surface area contributed by atoms with E-state index in [2.05, 4.69) is 20.6 Å². The zero-order chi connectivity index (χ0) is 22.0. The second kappa shape index (κ2) is 8.78. The first kappa shape index (κ1) is 21.5. The van der Waals surface area contributed by atoms with Crippen molar-refractivity contribution < 1.29 is 18.3 Å². The van der Waals surface area contributed by atoms with Gasteiger partial charge >= 0.3 is 6.18 Å². The Balaban J connectivity index is 1.54. The normalized spacial score (nSPS) is 23.2. The lowest BCUT2D eigenvalue weighted by molar-refractivity contribution is -0.236. The van der Waals surface area contributed by atoms with E-state index in [-0.39, 0.29) is 23.6 Å². The number of alkyl halides is 3. The lowest BCUT2D eigenvalue weighted by Gasteiger charge is -2.36. The molecule has 0 bridgehead atoms. The molecule has 1 aliphatic carbocycles. The first-order valence-electron chi connectivity index (χ1n) is 10.5. The van der Waals surface area contributed by atoms with Gasteiger partial charge in [-0.3, -0.25) is 4.99 Å². The Kier molecular flexibility index (Phi) is 6.08. The molecule has 1 saturated carbocycles. The molecule has 31 heavy (non-hydrogen) atoms. The Morgan fingerprint density at radius 3 is 2.74 bits per heavy atom. The molecular weight excluding hydrogens is 409 g/mol. The van der Waals surface area contributed by atoms with E-state index in [9.17, 15) is 18.3 Å². The maximum atomic E-state index is 13.4. The first-order chi connectivity index (χ1) is 14.8. The maximum absolute atomic E-state index is 13.4. The van der Waals surface area contributed by atoms with Crippen LogP contribution in [0.4, 0.5) is 24.5 Å². The average Bonchev–Trinajstić information content (AvgIpc) is 2.74. The van der Waals surface area contributed by atoms with Gasteiger partial charge < -0.3 is 26.4 Å². The number of halogens is 3. The summed E-state index contributed by atoms with van der Waals surface area (Å²) in [7, 11) is 0. The number of nitrogens with two attached hydrogens (primary N) is 1. The summed E-state index contributed by atoms with van der Waals surface area (Å²) in [5.41, 5.74) is 5.95. The van der Waals surface area contributed by atoms with Crippen molar-refractivity contribution in [2.24, 2.45) is 4.99 Å². The number of rotatable bonds is 3. The van der Waals surface area contributed by atoms with Gasteiger partial charge in [0.1, 0.15) is 5.69 Å². The topological polar surface area (TPSA) is 102 Å². The minimum atomic E-state index is -4.55. The lowest BCUT2D eigenvalue weighted by atomic mass is 9.91. The fourth-order valence-corrected chi connectivity index (χ4v) is 4.23. The van der Waals surface area contributed by atoms with Gasteiger partial charge in [-0.25, -0.2) is 4.98 Å². The van der Waals surface area contributed by atoms with Gasteiger partial charge in [-0.15, -0.1) is 0 Å². The van der Waals surface area contributed by atoms with Crippen molar-refractivity contribution in [1.29, 1.82) is 0 Å². The molecule has 1 aromatic carbocycles. The molecule has 0 radical (unpaired) electrons. The van der Waals surface area contributed by atoms with Crippen LogP contribution in [-0.4, -0.2) is 54.2 Å². The van der Waals surface area contributed by atoms with Gasteiger partial charge in [0.25, 0.3) is 0 Å². The van der Waals surface area contributed by atoms with Crippen LogP contribution in [0.2, 0.25) is 0 Å². The van der Waals surface area contributed by atoms with Crippen LogP contribution in [0.1, 0.15) is 31.4 Å². The minimum absolute atomic E-state index is 0.0913. The molecule has 4 N–H and O–H groups in total. The number of hydrogen-bond donors (Lipinski definition) is 3. The number of benzene rings is 1. The summed E-state index contributed by atoms with van der Waals surface area (Å²) in [6.45, 7) is 2.80. The molecule has 0 amide bonds. The molecule has 7 nitrogen and oxygen atoms in total. The molecule has 1 saturated heterocycles. The second-order valence-corrected chi connectivity index (χ2v) is 8.14. The van der Waals surface area contributed by atoms with E-state index in [1.54, 1.807) is 11.0 Å². The van der Waals surface area contributed by atoms with Crippen molar-refractivity contribution in [3.05, 3.63) is 30.0 Å². The van der Waals surface area contributed by atoms with Gasteiger partial charge in [-0.2, -0.15) is 13.2 Å². The van der Waals surface area contributed by atoms with Crippen LogP contribution in [0, 0.1) is 0 Å². The molecule has 1 aliphatic heterocycles. The third-order valence-electron chi connectivity index (χ3n) is 5.81. The van der Waals surface area contributed by atoms with E-state index in [1.807, 2.05) is 0 Å². The zero-order valence-electron chi connectivity index (χ0n) is 17.1. The fourth-order valence-electron chi connectivity index (χ4n) is 4.23. The van der Waals surface area contributed by atoms with Crippen molar-refractivity contribution in [3.8, 4) is 0 Å². The number of nitrogen functional groups attached to an aromatic ring is 1. The van der Waals surface area contributed by atoms with Crippen LogP contribution in [-0.2, 0) is 6.18 Å². The number of nitrogens with one attached hydrogen (secondary N) is 2. The third-order valence-corrected chi connectivity index (χ3v) is 5.81. The van der Waals surface area contributed by atoms with E-state index in [0.29, 0.717) is 36.3 Å². The Morgan fingerprint density at radius 2 is 2.00 bits per heavy atom. The quantitative estimate of drug-likeness (QED) is 0.388. The van der Waals surface area contributed by atoms with Crippen LogP contribution in [0.25, 0.3) is 10.9 Å². The number of hydrogen-bond acceptors (Lipinski definition) is 6. The van der Waals surface area contributed by atoms with Crippen LogP contribution >= 0.6 is 0 Å². The van der Waals surface area contributed by atoms with Gasteiger partial charge in [0.2, 0.25) is 0 Å². The summed E-state index contributed by atoms with van der Waals surface area (Å²) < 4.78 is 40.1.